The van der Waals surface area contributed by atoms with Crippen LogP contribution in [-0.4, -0.2) is 32.9 Å². The lowest BCUT2D eigenvalue weighted by Crippen LogP contribution is -2.46. The Labute approximate surface area is 108 Å². The fourth-order valence-electron chi connectivity index (χ4n) is 1.21. The van der Waals surface area contributed by atoms with E-state index in [0.717, 1.165) is 0 Å². The standard InChI is InChI=1S/C11H15NO5S/c1-11(2,8(12)10(15)16)18-5-6-3-4-7(17-6)9(13)14/h3-4,8H,5,12H2,1-2H3,(H,13,14)(H,15,16)/t8-/m0/s1. The predicted octanol–water partition coefficient (Wildman–Crippen LogP) is 1.40. The number of aromatic carboxylic acids is 1. The Morgan fingerprint density at radius 1 is 1.44 bits per heavy atom. The molecule has 0 aliphatic rings. The highest BCUT2D eigenvalue weighted by atomic mass is 32.2. The maximum absolute atomic E-state index is 10.8. The molecular formula is C11H15NO5S. The van der Waals surface area contributed by atoms with Crippen LogP contribution in [0.25, 0.3) is 0 Å². The van der Waals surface area contributed by atoms with Crippen molar-refractivity contribution in [1.82, 2.24) is 0 Å². The Bertz CT molecular complexity index is 454. The van der Waals surface area contributed by atoms with Crippen molar-refractivity contribution in [3.8, 4) is 0 Å². The van der Waals surface area contributed by atoms with E-state index in [1.807, 2.05) is 0 Å². The monoisotopic (exact) mass is 273 g/mol. The highest BCUT2D eigenvalue weighted by molar-refractivity contribution is 7.99. The lowest BCUT2D eigenvalue weighted by molar-refractivity contribution is -0.139. The summed E-state index contributed by atoms with van der Waals surface area (Å²) in [4.78, 5) is 21.4. The summed E-state index contributed by atoms with van der Waals surface area (Å²) in [5.74, 6) is -1.50. The number of carboxylic acid groups (broad SMARTS) is 2. The Kier molecular flexibility index (Phi) is 4.42. The number of thioether (sulfide) groups is 1. The van der Waals surface area contributed by atoms with Crippen LogP contribution in [0.3, 0.4) is 0 Å². The van der Waals surface area contributed by atoms with Crippen molar-refractivity contribution in [2.24, 2.45) is 5.73 Å². The van der Waals surface area contributed by atoms with Gasteiger partial charge in [0.15, 0.2) is 0 Å². The minimum atomic E-state index is -1.13. The Morgan fingerprint density at radius 3 is 2.50 bits per heavy atom. The third-order valence-corrected chi connectivity index (χ3v) is 3.90. The van der Waals surface area contributed by atoms with Crippen molar-refractivity contribution in [1.29, 1.82) is 0 Å². The summed E-state index contributed by atoms with van der Waals surface area (Å²) >= 11 is 1.30. The van der Waals surface area contributed by atoms with E-state index in [-0.39, 0.29) is 5.76 Å². The molecular weight excluding hydrogens is 258 g/mol. The number of furan rings is 1. The fraction of sp³-hybridized carbons (Fsp3) is 0.455. The van der Waals surface area contributed by atoms with Crippen molar-refractivity contribution < 1.29 is 24.2 Å². The van der Waals surface area contributed by atoms with Gasteiger partial charge in [0.25, 0.3) is 0 Å². The van der Waals surface area contributed by atoms with Gasteiger partial charge >= 0.3 is 11.9 Å². The number of hydrogen-bond donors (Lipinski definition) is 3. The second kappa shape index (κ2) is 5.45. The minimum Gasteiger partial charge on any atom is -0.480 e. The molecule has 0 unspecified atom stereocenters. The highest BCUT2D eigenvalue weighted by Gasteiger charge is 2.32. The molecule has 0 aliphatic carbocycles. The Balaban J connectivity index is 2.63. The van der Waals surface area contributed by atoms with Crippen molar-refractivity contribution >= 4 is 23.7 Å². The largest absolute Gasteiger partial charge is 0.480 e. The van der Waals surface area contributed by atoms with E-state index in [4.69, 9.17) is 20.4 Å². The van der Waals surface area contributed by atoms with Gasteiger partial charge in [0.05, 0.1) is 5.75 Å². The molecule has 0 radical (unpaired) electrons. The SMILES string of the molecule is CC(C)(SCc1ccc(C(=O)O)o1)[C@@H](N)C(=O)O. The molecule has 0 saturated heterocycles. The normalized spacial score (nSPS) is 13.3. The fourth-order valence-corrected chi connectivity index (χ4v) is 2.16. The molecule has 1 rings (SSSR count). The first-order valence-electron chi connectivity index (χ1n) is 5.18. The van der Waals surface area contributed by atoms with Crippen LogP contribution in [0.15, 0.2) is 16.5 Å². The van der Waals surface area contributed by atoms with Gasteiger partial charge in [-0.3, -0.25) is 4.79 Å². The molecule has 4 N–H and O–H groups in total. The minimum absolute atomic E-state index is 0.133. The van der Waals surface area contributed by atoms with E-state index in [1.165, 1.54) is 17.8 Å². The van der Waals surface area contributed by atoms with E-state index in [2.05, 4.69) is 0 Å². The van der Waals surface area contributed by atoms with Gasteiger partial charge in [0.2, 0.25) is 5.76 Å². The summed E-state index contributed by atoms with van der Waals surface area (Å²) in [6.07, 6.45) is 0. The zero-order valence-electron chi connectivity index (χ0n) is 10.0. The summed E-state index contributed by atoms with van der Waals surface area (Å²) in [6, 6.07) is 1.91. The van der Waals surface area contributed by atoms with Crippen LogP contribution in [0.4, 0.5) is 0 Å². The summed E-state index contributed by atoms with van der Waals surface area (Å²) < 4.78 is 4.39. The lowest BCUT2D eigenvalue weighted by Gasteiger charge is -2.27. The first-order chi connectivity index (χ1) is 8.24. The van der Waals surface area contributed by atoms with Crippen LogP contribution in [0.5, 0.6) is 0 Å². The quantitative estimate of drug-likeness (QED) is 0.717. The first-order valence-corrected chi connectivity index (χ1v) is 6.17. The Morgan fingerprint density at radius 2 is 2.06 bits per heavy atom. The zero-order valence-corrected chi connectivity index (χ0v) is 10.9. The summed E-state index contributed by atoms with van der Waals surface area (Å²) in [7, 11) is 0. The van der Waals surface area contributed by atoms with E-state index < -0.39 is 22.7 Å². The molecule has 0 saturated carbocycles. The maximum Gasteiger partial charge on any atom is 0.371 e. The third-order valence-electron chi connectivity index (χ3n) is 2.47. The van der Waals surface area contributed by atoms with E-state index in [0.29, 0.717) is 11.5 Å². The van der Waals surface area contributed by atoms with Crippen LogP contribution < -0.4 is 5.73 Å². The van der Waals surface area contributed by atoms with Gasteiger partial charge in [-0.15, -0.1) is 11.8 Å². The maximum atomic E-state index is 10.8. The van der Waals surface area contributed by atoms with Gasteiger partial charge in [-0.25, -0.2) is 4.79 Å². The van der Waals surface area contributed by atoms with Gasteiger partial charge < -0.3 is 20.4 Å². The molecule has 1 aromatic heterocycles. The molecule has 0 fully saturated rings. The average Bonchev–Trinajstić information content (AvgIpc) is 2.74. The second-order valence-corrected chi connectivity index (χ2v) is 5.91. The van der Waals surface area contributed by atoms with Crippen molar-refractivity contribution in [2.75, 3.05) is 0 Å². The second-order valence-electron chi connectivity index (χ2n) is 4.28. The number of nitrogens with two attached hydrogens (primary N) is 1. The van der Waals surface area contributed by atoms with Crippen LogP contribution in [-0.2, 0) is 10.5 Å². The molecule has 0 aliphatic heterocycles. The smallest absolute Gasteiger partial charge is 0.371 e. The van der Waals surface area contributed by atoms with Crippen LogP contribution in [0.2, 0.25) is 0 Å². The van der Waals surface area contributed by atoms with Gasteiger partial charge in [-0.05, 0) is 26.0 Å². The van der Waals surface area contributed by atoms with Gasteiger partial charge in [0.1, 0.15) is 11.8 Å². The van der Waals surface area contributed by atoms with Crippen molar-refractivity contribution in [2.45, 2.75) is 30.4 Å². The van der Waals surface area contributed by atoms with Crippen molar-refractivity contribution in [3.05, 3.63) is 23.7 Å². The molecule has 1 atom stereocenters. The molecule has 6 nitrogen and oxygen atoms in total. The zero-order chi connectivity index (χ0) is 13.9. The summed E-state index contributed by atoms with van der Waals surface area (Å²) in [5, 5.41) is 17.5. The summed E-state index contributed by atoms with van der Waals surface area (Å²) in [5.41, 5.74) is 5.57. The number of rotatable bonds is 6. The number of carboxylic acids is 2. The van der Waals surface area contributed by atoms with E-state index >= 15 is 0 Å². The van der Waals surface area contributed by atoms with E-state index in [9.17, 15) is 9.59 Å². The van der Waals surface area contributed by atoms with Gasteiger partial charge in [-0.1, -0.05) is 0 Å². The highest BCUT2D eigenvalue weighted by Crippen LogP contribution is 2.31. The number of hydrogen-bond acceptors (Lipinski definition) is 5. The molecule has 1 aromatic rings. The summed E-state index contributed by atoms with van der Waals surface area (Å²) in [6.45, 7) is 3.44. The molecule has 0 spiro atoms. The topological polar surface area (TPSA) is 114 Å². The molecule has 7 heteroatoms. The first kappa shape index (κ1) is 14.6. The third kappa shape index (κ3) is 3.51. The number of aliphatic carboxylic acids is 1. The van der Waals surface area contributed by atoms with Crippen LogP contribution in [0.1, 0.15) is 30.2 Å². The lowest BCUT2D eigenvalue weighted by atomic mass is 10.1. The predicted molar refractivity (Wildman–Crippen MR) is 66.7 cm³/mol. The molecule has 0 bridgehead atoms. The van der Waals surface area contributed by atoms with Gasteiger partial charge in [0, 0.05) is 4.75 Å². The molecule has 0 aromatic carbocycles. The molecule has 100 valence electrons. The molecule has 18 heavy (non-hydrogen) atoms. The van der Waals surface area contributed by atoms with Gasteiger partial charge in [-0.2, -0.15) is 0 Å². The van der Waals surface area contributed by atoms with Crippen LogP contribution >= 0.6 is 11.8 Å². The average molecular weight is 273 g/mol. The number of carbonyl (C=O) groups is 2. The Hall–Kier alpha value is -1.47. The molecule has 0 amide bonds. The van der Waals surface area contributed by atoms with E-state index in [1.54, 1.807) is 19.9 Å². The van der Waals surface area contributed by atoms with Crippen molar-refractivity contribution in [3.63, 3.8) is 0 Å². The van der Waals surface area contributed by atoms with Crippen LogP contribution in [0, 0.1) is 0 Å². The molecule has 1 heterocycles.